The van der Waals surface area contributed by atoms with Crippen LogP contribution in [0.25, 0.3) is 10.9 Å². The zero-order chi connectivity index (χ0) is 17.4. The number of aryl methyl sites for hydroxylation is 1. The van der Waals surface area contributed by atoms with E-state index in [0.717, 1.165) is 22.0 Å². The summed E-state index contributed by atoms with van der Waals surface area (Å²) >= 11 is 1.51. The van der Waals surface area contributed by atoms with E-state index in [1.807, 2.05) is 49.5 Å². The van der Waals surface area contributed by atoms with Crippen LogP contribution >= 0.6 is 11.8 Å². The molecular formula is C19H17N3O2S. The van der Waals surface area contributed by atoms with Crippen molar-refractivity contribution in [2.75, 3.05) is 5.75 Å². The maximum atomic E-state index is 12.5. The summed E-state index contributed by atoms with van der Waals surface area (Å²) in [5, 5.41) is 2.27. The van der Waals surface area contributed by atoms with E-state index in [1.54, 1.807) is 12.1 Å². The fourth-order valence-electron chi connectivity index (χ4n) is 2.95. The van der Waals surface area contributed by atoms with Gasteiger partial charge < -0.3 is 4.98 Å². The van der Waals surface area contributed by atoms with Crippen LogP contribution in [0.1, 0.15) is 26.9 Å². The van der Waals surface area contributed by atoms with Crippen molar-refractivity contribution in [3.8, 4) is 0 Å². The minimum absolute atomic E-state index is 0.0965. The van der Waals surface area contributed by atoms with Gasteiger partial charge in [0.1, 0.15) is 5.37 Å². The number of hydrogen-bond acceptors (Lipinski definition) is 3. The summed E-state index contributed by atoms with van der Waals surface area (Å²) in [6.45, 7) is 1.97. The molecule has 1 atom stereocenters. The normalized spacial score (nSPS) is 17.2. The molecule has 0 bridgehead atoms. The third-order valence-corrected chi connectivity index (χ3v) is 5.49. The van der Waals surface area contributed by atoms with Crippen molar-refractivity contribution >= 4 is 34.5 Å². The first-order valence-electron chi connectivity index (χ1n) is 8.01. The van der Waals surface area contributed by atoms with Crippen LogP contribution in [0.4, 0.5) is 0 Å². The number of nitrogens with zero attached hydrogens (tertiary/aromatic N) is 1. The third-order valence-electron chi connectivity index (χ3n) is 4.29. The van der Waals surface area contributed by atoms with Crippen molar-refractivity contribution in [1.82, 2.24) is 15.4 Å². The molecule has 2 amide bonds. The van der Waals surface area contributed by atoms with Crippen LogP contribution in [0, 0.1) is 6.92 Å². The number of aromatic amines is 1. The van der Waals surface area contributed by atoms with Gasteiger partial charge in [0.05, 0.1) is 5.75 Å². The molecule has 0 saturated carbocycles. The summed E-state index contributed by atoms with van der Waals surface area (Å²) in [4.78, 5) is 28.1. The molecule has 2 N–H and O–H groups in total. The smallest absolute Gasteiger partial charge is 0.269 e. The molecule has 0 radical (unpaired) electrons. The second-order valence-corrected chi connectivity index (χ2v) is 7.09. The Kier molecular flexibility index (Phi) is 3.97. The van der Waals surface area contributed by atoms with E-state index in [2.05, 4.69) is 10.4 Å². The van der Waals surface area contributed by atoms with Gasteiger partial charge >= 0.3 is 0 Å². The van der Waals surface area contributed by atoms with E-state index >= 15 is 0 Å². The van der Waals surface area contributed by atoms with Crippen LogP contribution in [-0.4, -0.2) is 27.6 Å². The molecule has 2 heterocycles. The Morgan fingerprint density at radius 3 is 2.76 bits per heavy atom. The molecule has 0 spiro atoms. The van der Waals surface area contributed by atoms with Gasteiger partial charge in [0.2, 0.25) is 0 Å². The molecule has 1 aliphatic rings. The number of benzene rings is 2. The van der Waals surface area contributed by atoms with Gasteiger partial charge in [0, 0.05) is 28.2 Å². The Hall–Kier alpha value is -2.73. The maximum absolute atomic E-state index is 12.5. The number of amides is 2. The molecule has 25 heavy (non-hydrogen) atoms. The van der Waals surface area contributed by atoms with E-state index in [0.29, 0.717) is 11.3 Å². The first-order valence-corrected chi connectivity index (χ1v) is 9.06. The molecular weight excluding hydrogens is 334 g/mol. The van der Waals surface area contributed by atoms with Crippen LogP contribution in [0.15, 0.2) is 54.7 Å². The maximum Gasteiger partial charge on any atom is 0.269 e. The van der Waals surface area contributed by atoms with Crippen LogP contribution in [0.2, 0.25) is 0 Å². The van der Waals surface area contributed by atoms with E-state index in [1.165, 1.54) is 16.8 Å². The second kappa shape index (κ2) is 6.29. The first kappa shape index (κ1) is 15.8. The highest BCUT2D eigenvalue weighted by Crippen LogP contribution is 2.40. The number of thioether (sulfide) groups is 1. The van der Waals surface area contributed by atoms with Gasteiger partial charge in [-0.05, 0) is 25.1 Å². The van der Waals surface area contributed by atoms with Crippen LogP contribution in [-0.2, 0) is 4.79 Å². The molecule has 1 aromatic heterocycles. The second-order valence-electron chi connectivity index (χ2n) is 6.02. The minimum atomic E-state index is -0.277. The Balaban J connectivity index is 1.62. The molecule has 3 aromatic rings. The summed E-state index contributed by atoms with van der Waals surface area (Å²) in [5.41, 5.74) is 6.41. The van der Waals surface area contributed by atoms with Crippen molar-refractivity contribution in [1.29, 1.82) is 0 Å². The fourth-order valence-corrected chi connectivity index (χ4v) is 4.09. The number of carbonyl (C=O) groups excluding carboxylic acids is 2. The fraction of sp³-hybridized carbons (Fsp3) is 0.158. The summed E-state index contributed by atoms with van der Waals surface area (Å²) in [6, 6.07) is 15.2. The number of para-hydroxylation sites is 1. The molecule has 6 heteroatoms. The van der Waals surface area contributed by atoms with E-state index in [4.69, 9.17) is 0 Å². The van der Waals surface area contributed by atoms with Crippen LogP contribution in [0.3, 0.4) is 0 Å². The standard InChI is InChI=1S/C19H17N3O2S/c1-12-6-8-13(9-7-12)18(24)21-22-17(23)11-25-19(22)15-10-20-16-5-3-2-4-14(15)16/h2-10,19-20H,11H2,1H3,(H,21,24)/t19-/m1/s1. The first-order chi connectivity index (χ1) is 12.1. The Labute approximate surface area is 149 Å². The van der Waals surface area contributed by atoms with Crippen molar-refractivity contribution in [3.63, 3.8) is 0 Å². The summed E-state index contributed by atoms with van der Waals surface area (Å²) < 4.78 is 0. The Morgan fingerprint density at radius 2 is 1.96 bits per heavy atom. The van der Waals surface area contributed by atoms with Gasteiger partial charge in [-0.1, -0.05) is 35.9 Å². The minimum Gasteiger partial charge on any atom is -0.361 e. The lowest BCUT2D eigenvalue weighted by Crippen LogP contribution is -2.44. The average Bonchev–Trinajstić information content (AvgIpc) is 3.19. The molecule has 1 saturated heterocycles. The van der Waals surface area contributed by atoms with Gasteiger partial charge in [0.25, 0.3) is 11.8 Å². The monoisotopic (exact) mass is 351 g/mol. The lowest BCUT2D eigenvalue weighted by molar-refractivity contribution is -0.130. The molecule has 126 valence electrons. The molecule has 2 aromatic carbocycles. The molecule has 0 unspecified atom stereocenters. The Morgan fingerprint density at radius 1 is 1.20 bits per heavy atom. The average molecular weight is 351 g/mol. The molecule has 4 rings (SSSR count). The number of nitrogens with one attached hydrogen (secondary N) is 2. The van der Waals surface area contributed by atoms with Crippen molar-refractivity contribution < 1.29 is 9.59 Å². The number of H-pyrrole nitrogens is 1. The highest BCUT2D eigenvalue weighted by atomic mass is 32.2. The lowest BCUT2D eigenvalue weighted by Gasteiger charge is -2.24. The number of aromatic nitrogens is 1. The number of hydrogen-bond donors (Lipinski definition) is 2. The zero-order valence-electron chi connectivity index (χ0n) is 13.7. The summed E-state index contributed by atoms with van der Waals surface area (Å²) in [5.74, 6) is -0.0281. The van der Waals surface area contributed by atoms with Gasteiger partial charge in [0.15, 0.2) is 0 Å². The third kappa shape index (κ3) is 2.89. The van der Waals surface area contributed by atoms with Crippen molar-refractivity contribution in [2.45, 2.75) is 12.3 Å². The molecule has 1 aliphatic heterocycles. The van der Waals surface area contributed by atoms with Crippen molar-refractivity contribution in [3.05, 3.63) is 71.4 Å². The predicted octanol–water partition coefficient (Wildman–Crippen LogP) is 3.40. The van der Waals surface area contributed by atoms with E-state index in [9.17, 15) is 9.59 Å². The zero-order valence-corrected chi connectivity index (χ0v) is 14.5. The van der Waals surface area contributed by atoms with E-state index in [-0.39, 0.29) is 17.2 Å². The van der Waals surface area contributed by atoms with Gasteiger partial charge in [-0.15, -0.1) is 11.8 Å². The van der Waals surface area contributed by atoms with Crippen molar-refractivity contribution in [2.24, 2.45) is 0 Å². The van der Waals surface area contributed by atoms with Crippen LogP contribution in [0.5, 0.6) is 0 Å². The number of carbonyl (C=O) groups is 2. The number of hydrazine groups is 1. The summed E-state index contributed by atoms with van der Waals surface area (Å²) in [6.07, 6.45) is 1.91. The van der Waals surface area contributed by atoms with Crippen LogP contribution < -0.4 is 5.43 Å². The summed E-state index contributed by atoms with van der Waals surface area (Å²) in [7, 11) is 0. The lowest BCUT2D eigenvalue weighted by atomic mass is 10.1. The van der Waals surface area contributed by atoms with Gasteiger partial charge in [-0.25, -0.2) is 5.01 Å². The van der Waals surface area contributed by atoms with E-state index < -0.39 is 0 Å². The molecule has 5 nitrogen and oxygen atoms in total. The Bertz CT molecular complexity index is 949. The number of rotatable bonds is 3. The SMILES string of the molecule is Cc1ccc(C(=O)NN2C(=O)CS[C@@H]2c2c[nH]c3ccccc23)cc1. The topological polar surface area (TPSA) is 65.2 Å². The molecule has 1 fully saturated rings. The van der Waals surface area contributed by atoms with Gasteiger partial charge in [-0.3, -0.25) is 15.0 Å². The van der Waals surface area contributed by atoms with Gasteiger partial charge in [-0.2, -0.15) is 0 Å². The quantitative estimate of drug-likeness (QED) is 0.760. The molecule has 0 aliphatic carbocycles. The highest BCUT2D eigenvalue weighted by Gasteiger charge is 2.35. The highest BCUT2D eigenvalue weighted by molar-refractivity contribution is 8.00. The predicted molar refractivity (Wildman–Crippen MR) is 99.0 cm³/mol. The largest absolute Gasteiger partial charge is 0.361 e. The number of fused-ring (bicyclic) bond motifs is 1.